The van der Waals surface area contributed by atoms with E-state index in [0.29, 0.717) is 6.54 Å². The topological polar surface area (TPSA) is 32.5 Å². The van der Waals surface area contributed by atoms with E-state index in [1.54, 1.807) is 0 Å². The van der Waals surface area contributed by atoms with Gasteiger partial charge in [0.05, 0.1) is 0 Å². The van der Waals surface area contributed by atoms with Crippen molar-refractivity contribution < 1.29 is 0 Å². The van der Waals surface area contributed by atoms with Gasteiger partial charge in [-0.05, 0) is 43.6 Å². The van der Waals surface area contributed by atoms with Gasteiger partial charge in [-0.15, -0.1) is 0 Å². The molecule has 4 heteroatoms. The SMILES string of the molecule is CCCN1CCN(c2ccc(CCN)c(Cl)c2)CC1. The number of rotatable bonds is 5. The predicted molar refractivity (Wildman–Crippen MR) is 83.2 cm³/mol. The maximum atomic E-state index is 6.31. The molecule has 0 unspecified atom stereocenters. The summed E-state index contributed by atoms with van der Waals surface area (Å²) in [4.78, 5) is 4.95. The fourth-order valence-corrected chi connectivity index (χ4v) is 2.91. The van der Waals surface area contributed by atoms with E-state index in [2.05, 4.69) is 34.9 Å². The molecule has 1 heterocycles. The summed E-state index contributed by atoms with van der Waals surface area (Å²) in [5.41, 5.74) is 7.97. The standard InChI is InChI=1S/C15H24ClN3/c1-2-7-18-8-10-19(11-9-18)14-4-3-13(5-6-17)15(16)12-14/h3-4,12H,2,5-11,17H2,1H3. The van der Waals surface area contributed by atoms with Crippen molar-refractivity contribution in [3.05, 3.63) is 28.8 Å². The van der Waals surface area contributed by atoms with Gasteiger partial charge >= 0.3 is 0 Å². The second-order valence-corrected chi connectivity index (χ2v) is 5.55. The summed E-state index contributed by atoms with van der Waals surface area (Å²) in [6.45, 7) is 8.58. The first-order valence-corrected chi connectivity index (χ1v) is 7.58. The van der Waals surface area contributed by atoms with Gasteiger partial charge < -0.3 is 10.6 Å². The molecule has 0 spiro atoms. The first-order chi connectivity index (χ1) is 9.24. The highest BCUT2D eigenvalue weighted by atomic mass is 35.5. The van der Waals surface area contributed by atoms with Crippen LogP contribution >= 0.6 is 11.6 Å². The molecule has 2 rings (SSSR count). The van der Waals surface area contributed by atoms with Crippen molar-refractivity contribution in [3.63, 3.8) is 0 Å². The Morgan fingerprint density at radius 2 is 1.95 bits per heavy atom. The van der Waals surface area contributed by atoms with Crippen LogP contribution in [0.25, 0.3) is 0 Å². The summed E-state index contributed by atoms with van der Waals surface area (Å²) in [6.07, 6.45) is 2.09. The van der Waals surface area contributed by atoms with Crippen LogP contribution in [0.15, 0.2) is 18.2 Å². The first-order valence-electron chi connectivity index (χ1n) is 7.20. The second-order valence-electron chi connectivity index (χ2n) is 5.14. The van der Waals surface area contributed by atoms with Crippen LogP contribution in [0.1, 0.15) is 18.9 Å². The van der Waals surface area contributed by atoms with Crippen LogP contribution in [-0.2, 0) is 6.42 Å². The van der Waals surface area contributed by atoms with E-state index >= 15 is 0 Å². The maximum absolute atomic E-state index is 6.31. The van der Waals surface area contributed by atoms with Crippen molar-refractivity contribution in [2.75, 3.05) is 44.2 Å². The molecule has 1 saturated heterocycles. The van der Waals surface area contributed by atoms with E-state index in [9.17, 15) is 0 Å². The van der Waals surface area contributed by atoms with Crippen LogP contribution < -0.4 is 10.6 Å². The molecule has 0 aromatic heterocycles. The average Bonchev–Trinajstić information content (AvgIpc) is 2.43. The number of anilines is 1. The Kier molecular flexibility index (Phi) is 5.49. The Labute approximate surface area is 121 Å². The van der Waals surface area contributed by atoms with E-state index in [-0.39, 0.29) is 0 Å². The molecule has 0 radical (unpaired) electrons. The van der Waals surface area contributed by atoms with Gasteiger partial charge in [0.1, 0.15) is 0 Å². The van der Waals surface area contributed by atoms with Crippen molar-refractivity contribution in [2.24, 2.45) is 5.73 Å². The molecule has 19 heavy (non-hydrogen) atoms. The zero-order chi connectivity index (χ0) is 13.7. The monoisotopic (exact) mass is 281 g/mol. The minimum absolute atomic E-state index is 0.648. The fourth-order valence-electron chi connectivity index (χ4n) is 2.64. The molecule has 1 aromatic carbocycles. The quantitative estimate of drug-likeness (QED) is 0.899. The van der Waals surface area contributed by atoms with Gasteiger partial charge in [0.15, 0.2) is 0 Å². The second kappa shape index (κ2) is 7.13. The van der Waals surface area contributed by atoms with E-state index in [1.807, 2.05) is 0 Å². The molecule has 3 nitrogen and oxygen atoms in total. The minimum Gasteiger partial charge on any atom is -0.369 e. The number of hydrogen-bond acceptors (Lipinski definition) is 3. The Balaban J connectivity index is 1.97. The van der Waals surface area contributed by atoms with Crippen molar-refractivity contribution in [3.8, 4) is 0 Å². The highest BCUT2D eigenvalue weighted by molar-refractivity contribution is 6.31. The Hall–Kier alpha value is -0.770. The summed E-state index contributed by atoms with van der Waals surface area (Å²) in [5, 5.41) is 0.846. The zero-order valence-electron chi connectivity index (χ0n) is 11.7. The molecule has 0 bridgehead atoms. The molecule has 106 valence electrons. The van der Waals surface area contributed by atoms with Gasteiger partial charge in [0, 0.05) is 36.9 Å². The molecule has 0 amide bonds. The Morgan fingerprint density at radius 1 is 1.21 bits per heavy atom. The van der Waals surface area contributed by atoms with Crippen LogP contribution in [-0.4, -0.2) is 44.2 Å². The lowest BCUT2D eigenvalue weighted by atomic mass is 10.1. The molecule has 2 N–H and O–H groups in total. The largest absolute Gasteiger partial charge is 0.369 e. The molecular formula is C15H24ClN3. The summed E-state index contributed by atoms with van der Waals surface area (Å²) in [5.74, 6) is 0. The Bertz CT molecular complexity index is 400. The number of halogens is 1. The van der Waals surface area contributed by atoms with Crippen LogP contribution in [0.2, 0.25) is 5.02 Å². The molecule has 0 aliphatic carbocycles. The maximum Gasteiger partial charge on any atom is 0.0459 e. The number of hydrogen-bond donors (Lipinski definition) is 1. The molecule has 0 saturated carbocycles. The van der Waals surface area contributed by atoms with Gasteiger partial charge in [0.2, 0.25) is 0 Å². The molecule has 1 aliphatic rings. The van der Waals surface area contributed by atoms with E-state index in [1.165, 1.54) is 18.7 Å². The van der Waals surface area contributed by atoms with Gasteiger partial charge in [0.25, 0.3) is 0 Å². The lowest BCUT2D eigenvalue weighted by Crippen LogP contribution is -2.46. The number of nitrogens with zero attached hydrogens (tertiary/aromatic N) is 2. The van der Waals surface area contributed by atoms with Crippen LogP contribution in [0, 0.1) is 0 Å². The van der Waals surface area contributed by atoms with Crippen LogP contribution in [0.4, 0.5) is 5.69 Å². The molecule has 1 fully saturated rings. The summed E-state index contributed by atoms with van der Waals surface area (Å²) in [6, 6.07) is 6.37. The number of benzene rings is 1. The highest BCUT2D eigenvalue weighted by Crippen LogP contribution is 2.24. The lowest BCUT2D eigenvalue weighted by Gasteiger charge is -2.36. The van der Waals surface area contributed by atoms with Gasteiger partial charge in [-0.2, -0.15) is 0 Å². The first kappa shape index (κ1) is 14.6. The van der Waals surface area contributed by atoms with E-state index in [0.717, 1.165) is 43.2 Å². The van der Waals surface area contributed by atoms with Crippen LogP contribution in [0.3, 0.4) is 0 Å². The molecule has 1 aliphatic heterocycles. The highest BCUT2D eigenvalue weighted by Gasteiger charge is 2.16. The Morgan fingerprint density at radius 3 is 2.53 bits per heavy atom. The molecule has 1 aromatic rings. The predicted octanol–water partition coefficient (Wildman–Crippen LogP) is 2.37. The minimum atomic E-state index is 0.648. The number of piperazine rings is 1. The third kappa shape index (κ3) is 3.85. The van der Waals surface area contributed by atoms with Gasteiger partial charge in [-0.3, -0.25) is 4.90 Å². The third-order valence-corrected chi connectivity index (χ3v) is 4.08. The van der Waals surface area contributed by atoms with Crippen molar-refractivity contribution >= 4 is 17.3 Å². The summed E-state index contributed by atoms with van der Waals surface area (Å²) in [7, 11) is 0. The van der Waals surface area contributed by atoms with Gasteiger partial charge in [-0.1, -0.05) is 24.6 Å². The lowest BCUT2D eigenvalue weighted by molar-refractivity contribution is 0.258. The smallest absolute Gasteiger partial charge is 0.0459 e. The normalized spacial score (nSPS) is 16.9. The summed E-state index contributed by atoms with van der Waals surface area (Å²) < 4.78 is 0. The third-order valence-electron chi connectivity index (χ3n) is 3.73. The van der Waals surface area contributed by atoms with Crippen molar-refractivity contribution in [2.45, 2.75) is 19.8 Å². The van der Waals surface area contributed by atoms with E-state index in [4.69, 9.17) is 17.3 Å². The van der Waals surface area contributed by atoms with Crippen molar-refractivity contribution in [1.82, 2.24) is 4.90 Å². The van der Waals surface area contributed by atoms with E-state index < -0.39 is 0 Å². The molecule has 0 atom stereocenters. The number of nitrogens with two attached hydrogens (primary N) is 1. The fraction of sp³-hybridized carbons (Fsp3) is 0.600. The van der Waals surface area contributed by atoms with Gasteiger partial charge in [-0.25, -0.2) is 0 Å². The molecular weight excluding hydrogens is 258 g/mol. The summed E-state index contributed by atoms with van der Waals surface area (Å²) >= 11 is 6.31. The van der Waals surface area contributed by atoms with Crippen molar-refractivity contribution in [1.29, 1.82) is 0 Å². The average molecular weight is 282 g/mol. The van der Waals surface area contributed by atoms with Crippen LogP contribution in [0.5, 0.6) is 0 Å². The zero-order valence-corrected chi connectivity index (χ0v) is 12.5.